The molecule has 4 heterocycles. The highest BCUT2D eigenvalue weighted by Crippen LogP contribution is 2.34. The van der Waals surface area contributed by atoms with E-state index in [0.29, 0.717) is 35.7 Å². The Morgan fingerprint density at radius 3 is 2.46 bits per heavy atom. The van der Waals surface area contributed by atoms with E-state index >= 15 is 0 Å². The van der Waals surface area contributed by atoms with Gasteiger partial charge in [-0.05, 0) is 31.3 Å². The normalized spacial score (nSPS) is 20.8. The fourth-order valence-corrected chi connectivity index (χ4v) is 4.67. The van der Waals surface area contributed by atoms with Crippen LogP contribution in [0.1, 0.15) is 0 Å². The van der Waals surface area contributed by atoms with Crippen molar-refractivity contribution in [1.82, 2.24) is 30.0 Å². The summed E-state index contributed by atoms with van der Waals surface area (Å²) < 4.78 is 46.4. The molecule has 13 heteroatoms. The van der Waals surface area contributed by atoms with E-state index < -0.39 is 12.7 Å². The highest BCUT2D eigenvalue weighted by atomic mass is 19.4. The van der Waals surface area contributed by atoms with Gasteiger partial charge in [-0.2, -0.15) is 18.3 Å². The van der Waals surface area contributed by atoms with Gasteiger partial charge < -0.3 is 25.2 Å². The van der Waals surface area contributed by atoms with Crippen LogP contribution in [0.2, 0.25) is 0 Å². The number of rotatable bonds is 4. The van der Waals surface area contributed by atoms with E-state index in [1.54, 1.807) is 24.3 Å². The molecule has 10 nitrogen and oxygen atoms in total. The fraction of sp³-hybridized carbons (Fsp3) is 0.455. The molecule has 2 N–H and O–H groups in total. The van der Waals surface area contributed by atoms with Gasteiger partial charge in [-0.1, -0.05) is 0 Å². The lowest BCUT2D eigenvalue weighted by atomic mass is 10.0. The zero-order valence-electron chi connectivity index (χ0n) is 19.2. The number of piperazine rings is 1. The first-order valence-electron chi connectivity index (χ1n) is 11.2. The number of hydrogen-bond acceptors (Lipinski definition) is 7. The SMILES string of the molecule is CNC(=O)Nc1ccc(-c2nc(N3C4COCC3CN(C)C4)c3cnn(CC(F)(F)F)c3n2)cc1. The number of anilines is 2. The molecule has 0 spiro atoms. The second-order valence-corrected chi connectivity index (χ2v) is 8.78. The van der Waals surface area contributed by atoms with Crippen molar-refractivity contribution in [3.8, 4) is 11.4 Å². The fourth-order valence-electron chi connectivity index (χ4n) is 4.67. The number of alkyl halides is 3. The molecule has 2 aliphatic rings. The number of urea groups is 1. The first-order valence-corrected chi connectivity index (χ1v) is 11.2. The van der Waals surface area contributed by atoms with Gasteiger partial charge in [0.15, 0.2) is 11.5 Å². The number of hydrogen-bond donors (Lipinski definition) is 2. The van der Waals surface area contributed by atoms with Crippen LogP contribution in [0.25, 0.3) is 22.4 Å². The second-order valence-electron chi connectivity index (χ2n) is 8.78. The Bertz CT molecular complexity index is 1220. The van der Waals surface area contributed by atoms with Crippen molar-refractivity contribution in [2.45, 2.75) is 24.8 Å². The van der Waals surface area contributed by atoms with Crippen LogP contribution in [0.5, 0.6) is 0 Å². The van der Waals surface area contributed by atoms with Gasteiger partial charge in [-0.25, -0.2) is 19.4 Å². The molecule has 2 saturated heterocycles. The van der Waals surface area contributed by atoms with E-state index in [0.717, 1.165) is 17.8 Å². The van der Waals surface area contributed by atoms with Crippen molar-refractivity contribution in [1.29, 1.82) is 0 Å². The van der Waals surface area contributed by atoms with Crippen molar-refractivity contribution < 1.29 is 22.7 Å². The molecule has 2 atom stereocenters. The number of carbonyl (C=O) groups is 1. The average molecular weight is 490 g/mol. The molecule has 0 saturated carbocycles. The lowest BCUT2D eigenvalue weighted by Gasteiger charge is -2.49. The minimum absolute atomic E-state index is 0.00329. The number of aromatic nitrogens is 4. The highest BCUT2D eigenvalue weighted by molar-refractivity contribution is 5.90. The summed E-state index contributed by atoms with van der Waals surface area (Å²) in [5, 5.41) is 9.62. The summed E-state index contributed by atoms with van der Waals surface area (Å²) in [7, 11) is 3.55. The number of nitrogens with zero attached hydrogens (tertiary/aromatic N) is 6. The molecule has 2 fully saturated rings. The molecule has 2 unspecified atom stereocenters. The van der Waals surface area contributed by atoms with Crippen molar-refractivity contribution in [3.63, 3.8) is 0 Å². The van der Waals surface area contributed by atoms with Gasteiger partial charge in [0.2, 0.25) is 0 Å². The minimum atomic E-state index is -4.45. The molecule has 2 aliphatic heterocycles. The van der Waals surface area contributed by atoms with Crippen LogP contribution >= 0.6 is 0 Å². The van der Waals surface area contributed by atoms with Crippen LogP contribution in [0.4, 0.5) is 29.5 Å². The van der Waals surface area contributed by atoms with E-state index in [1.807, 2.05) is 7.05 Å². The van der Waals surface area contributed by atoms with Gasteiger partial charge in [0.25, 0.3) is 0 Å². The highest BCUT2D eigenvalue weighted by Gasteiger charge is 2.39. The largest absolute Gasteiger partial charge is 0.408 e. The topological polar surface area (TPSA) is 100 Å². The Hall–Kier alpha value is -3.45. The van der Waals surface area contributed by atoms with Gasteiger partial charge in [0, 0.05) is 31.4 Å². The van der Waals surface area contributed by atoms with Crippen LogP contribution in [0, 0.1) is 0 Å². The molecule has 35 heavy (non-hydrogen) atoms. The van der Waals surface area contributed by atoms with Gasteiger partial charge >= 0.3 is 12.2 Å². The Balaban J connectivity index is 1.61. The Kier molecular flexibility index (Phi) is 5.97. The lowest BCUT2D eigenvalue weighted by Crippen LogP contribution is -2.64. The van der Waals surface area contributed by atoms with Crippen molar-refractivity contribution in [2.24, 2.45) is 0 Å². The summed E-state index contributed by atoms with van der Waals surface area (Å²) in [6, 6.07) is 6.44. The van der Waals surface area contributed by atoms with Gasteiger partial charge in [-0.15, -0.1) is 0 Å². The Morgan fingerprint density at radius 1 is 1.14 bits per heavy atom. The lowest BCUT2D eigenvalue weighted by molar-refractivity contribution is -0.141. The number of morpholine rings is 1. The second kappa shape index (κ2) is 8.96. The Labute approximate surface area is 199 Å². The van der Waals surface area contributed by atoms with E-state index in [-0.39, 0.29) is 29.6 Å². The molecule has 1 aromatic carbocycles. The summed E-state index contributed by atoms with van der Waals surface area (Å²) in [5.74, 6) is 0.832. The third-order valence-corrected chi connectivity index (χ3v) is 6.13. The van der Waals surface area contributed by atoms with Gasteiger partial charge in [0.05, 0.1) is 36.9 Å². The number of ether oxygens (including phenoxy) is 1. The van der Waals surface area contributed by atoms with Crippen molar-refractivity contribution >= 4 is 28.6 Å². The van der Waals surface area contributed by atoms with Crippen molar-refractivity contribution in [2.75, 3.05) is 50.6 Å². The van der Waals surface area contributed by atoms with Gasteiger partial charge in [-0.3, -0.25) is 0 Å². The molecular weight excluding hydrogens is 465 g/mol. The quantitative estimate of drug-likeness (QED) is 0.579. The predicted molar refractivity (Wildman–Crippen MR) is 123 cm³/mol. The summed E-state index contributed by atoms with van der Waals surface area (Å²) >= 11 is 0. The maximum atomic E-state index is 13.3. The van der Waals surface area contributed by atoms with Crippen LogP contribution in [0.15, 0.2) is 30.5 Å². The third-order valence-electron chi connectivity index (χ3n) is 6.13. The molecule has 0 aliphatic carbocycles. The van der Waals surface area contributed by atoms with Crippen molar-refractivity contribution in [3.05, 3.63) is 30.5 Å². The maximum Gasteiger partial charge on any atom is 0.408 e. The number of carbonyl (C=O) groups excluding carboxylic acids is 1. The zero-order chi connectivity index (χ0) is 24.7. The van der Waals surface area contributed by atoms with Crippen LogP contribution in [-0.4, -0.2) is 89.3 Å². The molecular formula is C22H25F3N8O2. The molecule has 2 aromatic heterocycles. The maximum absolute atomic E-state index is 13.3. The monoisotopic (exact) mass is 490 g/mol. The number of amides is 2. The number of likely N-dealkylation sites (N-methyl/N-ethyl adjacent to an activating group) is 1. The molecule has 3 aromatic rings. The summed E-state index contributed by atoms with van der Waals surface area (Å²) in [4.78, 5) is 25.3. The molecule has 186 valence electrons. The molecule has 5 rings (SSSR count). The summed E-state index contributed by atoms with van der Waals surface area (Å²) in [5.41, 5.74) is 1.28. The Morgan fingerprint density at radius 2 is 1.83 bits per heavy atom. The molecule has 2 bridgehead atoms. The predicted octanol–water partition coefficient (Wildman–Crippen LogP) is 2.33. The summed E-state index contributed by atoms with van der Waals surface area (Å²) in [6.07, 6.45) is -3.04. The van der Waals surface area contributed by atoms with E-state index in [1.165, 1.54) is 13.2 Å². The smallest absolute Gasteiger partial charge is 0.377 e. The van der Waals surface area contributed by atoms with E-state index in [4.69, 9.17) is 9.72 Å². The number of benzene rings is 1. The van der Waals surface area contributed by atoms with E-state index in [9.17, 15) is 18.0 Å². The average Bonchev–Trinajstić information content (AvgIpc) is 3.19. The summed E-state index contributed by atoms with van der Waals surface area (Å²) in [6.45, 7) is 1.23. The van der Waals surface area contributed by atoms with Crippen LogP contribution < -0.4 is 15.5 Å². The minimum Gasteiger partial charge on any atom is -0.377 e. The van der Waals surface area contributed by atoms with Crippen LogP contribution in [-0.2, 0) is 11.3 Å². The third kappa shape index (κ3) is 4.73. The number of halogens is 3. The molecule has 0 radical (unpaired) electrons. The first-order chi connectivity index (χ1) is 16.7. The first kappa shape index (κ1) is 23.3. The zero-order valence-corrected chi connectivity index (χ0v) is 19.2. The van der Waals surface area contributed by atoms with E-state index in [2.05, 4.69) is 30.5 Å². The number of fused-ring (bicyclic) bond motifs is 3. The van der Waals surface area contributed by atoms with Gasteiger partial charge in [0.1, 0.15) is 12.4 Å². The molecule has 2 amide bonds. The standard InChI is InChI=1S/C22H25F3N8O2/c1-26-21(34)28-14-5-3-13(4-6-14)18-29-19-17(7-27-32(19)12-22(23,24)25)20(30-18)33-15-8-31(2)9-16(33)11-35-10-15/h3-7,15-16H,8-12H2,1-2H3,(H2,26,28,34). The van der Waals surface area contributed by atoms with Crippen LogP contribution in [0.3, 0.4) is 0 Å². The number of nitrogens with one attached hydrogen (secondary N) is 2.